The standard InChI is InChI=1S/C24H23N3O2/c1-3-16-7-5-6-8-20(16)27-24-22-21(13-14-25-24)26-15-19(23(22)28)17-9-11-18(12-10-17)29-4-2/h5-15H,3-4H2,1-2H3,(H,25,27)(H,26,28). The summed E-state index contributed by atoms with van der Waals surface area (Å²) in [4.78, 5) is 21.1. The van der Waals surface area contributed by atoms with Gasteiger partial charge in [-0.2, -0.15) is 0 Å². The second kappa shape index (κ2) is 8.19. The van der Waals surface area contributed by atoms with Gasteiger partial charge in [0.1, 0.15) is 11.6 Å². The highest BCUT2D eigenvalue weighted by Crippen LogP contribution is 2.26. The Bertz CT molecular complexity index is 1200. The predicted molar refractivity (Wildman–Crippen MR) is 118 cm³/mol. The van der Waals surface area contributed by atoms with Gasteiger partial charge in [0.2, 0.25) is 5.43 Å². The van der Waals surface area contributed by atoms with Gasteiger partial charge >= 0.3 is 0 Å². The highest BCUT2D eigenvalue weighted by atomic mass is 16.5. The van der Waals surface area contributed by atoms with Crippen molar-refractivity contribution in [2.75, 3.05) is 11.9 Å². The van der Waals surface area contributed by atoms with E-state index >= 15 is 0 Å². The number of aromatic amines is 1. The van der Waals surface area contributed by atoms with Gasteiger partial charge in [0, 0.05) is 23.6 Å². The number of aromatic nitrogens is 2. The monoisotopic (exact) mass is 385 g/mol. The molecule has 0 bridgehead atoms. The zero-order chi connectivity index (χ0) is 20.2. The average molecular weight is 385 g/mol. The summed E-state index contributed by atoms with van der Waals surface area (Å²) in [6, 6.07) is 17.4. The number of pyridine rings is 2. The SMILES string of the molecule is CCOc1ccc(-c2c[nH]c3ccnc(Nc4ccccc4CC)c3c2=O)cc1. The molecule has 146 valence electrons. The quantitative estimate of drug-likeness (QED) is 0.473. The smallest absolute Gasteiger partial charge is 0.200 e. The Hall–Kier alpha value is -3.60. The number of fused-ring (bicyclic) bond motifs is 1. The molecule has 29 heavy (non-hydrogen) atoms. The molecule has 0 unspecified atom stereocenters. The molecule has 0 amide bonds. The lowest BCUT2D eigenvalue weighted by atomic mass is 10.0. The van der Waals surface area contributed by atoms with Crippen LogP contribution in [0.3, 0.4) is 0 Å². The summed E-state index contributed by atoms with van der Waals surface area (Å²) >= 11 is 0. The zero-order valence-electron chi connectivity index (χ0n) is 16.5. The van der Waals surface area contributed by atoms with E-state index in [4.69, 9.17) is 4.74 Å². The van der Waals surface area contributed by atoms with Crippen molar-refractivity contribution in [2.24, 2.45) is 0 Å². The number of nitrogens with zero attached hydrogens (tertiary/aromatic N) is 1. The molecule has 0 spiro atoms. The van der Waals surface area contributed by atoms with Crippen molar-refractivity contribution in [3.63, 3.8) is 0 Å². The van der Waals surface area contributed by atoms with E-state index in [9.17, 15) is 4.79 Å². The van der Waals surface area contributed by atoms with Crippen LogP contribution in [0.2, 0.25) is 0 Å². The molecule has 4 aromatic rings. The largest absolute Gasteiger partial charge is 0.494 e. The van der Waals surface area contributed by atoms with Crippen LogP contribution in [0, 0.1) is 0 Å². The second-order valence-corrected chi connectivity index (χ2v) is 6.71. The van der Waals surface area contributed by atoms with Gasteiger partial charge < -0.3 is 15.0 Å². The van der Waals surface area contributed by atoms with Gasteiger partial charge in [-0.1, -0.05) is 37.3 Å². The van der Waals surface area contributed by atoms with Gasteiger partial charge in [0.15, 0.2) is 0 Å². The van der Waals surface area contributed by atoms with Crippen molar-refractivity contribution in [1.82, 2.24) is 9.97 Å². The molecule has 0 radical (unpaired) electrons. The fourth-order valence-electron chi connectivity index (χ4n) is 3.45. The number of anilines is 2. The molecule has 2 aromatic carbocycles. The number of H-pyrrole nitrogens is 1. The molecule has 2 heterocycles. The van der Waals surface area contributed by atoms with Crippen molar-refractivity contribution >= 4 is 22.4 Å². The summed E-state index contributed by atoms with van der Waals surface area (Å²) in [7, 11) is 0. The summed E-state index contributed by atoms with van der Waals surface area (Å²) in [5, 5.41) is 3.91. The Morgan fingerprint density at radius 1 is 1.03 bits per heavy atom. The molecule has 5 heteroatoms. The summed E-state index contributed by atoms with van der Waals surface area (Å²) < 4.78 is 5.50. The fourth-order valence-corrected chi connectivity index (χ4v) is 3.45. The number of rotatable bonds is 6. The van der Waals surface area contributed by atoms with Crippen LogP contribution < -0.4 is 15.5 Å². The Morgan fingerprint density at radius 3 is 2.59 bits per heavy atom. The van der Waals surface area contributed by atoms with E-state index in [1.54, 1.807) is 12.4 Å². The normalized spacial score (nSPS) is 10.8. The molecule has 0 fully saturated rings. The Balaban J connectivity index is 1.81. The molecule has 0 aliphatic rings. The van der Waals surface area contributed by atoms with Crippen LogP contribution >= 0.6 is 0 Å². The van der Waals surface area contributed by atoms with E-state index in [1.165, 1.54) is 5.56 Å². The van der Waals surface area contributed by atoms with E-state index in [2.05, 4.69) is 28.3 Å². The summed E-state index contributed by atoms with van der Waals surface area (Å²) in [5.41, 5.74) is 4.25. The number of hydrogen-bond acceptors (Lipinski definition) is 4. The van der Waals surface area contributed by atoms with E-state index in [1.807, 2.05) is 55.5 Å². The van der Waals surface area contributed by atoms with E-state index in [0.29, 0.717) is 23.4 Å². The summed E-state index contributed by atoms with van der Waals surface area (Å²) in [6.07, 6.45) is 4.34. The van der Waals surface area contributed by atoms with Gasteiger partial charge in [0.05, 0.1) is 17.5 Å². The molecule has 0 aliphatic heterocycles. The number of ether oxygens (including phenoxy) is 1. The topological polar surface area (TPSA) is 67.0 Å². The molecular formula is C24H23N3O2. The molecule has 0 aliphatic carbocycles. The maximum Gasteiger partial charge on any atom is 0.200 e. The number of hydrogen-bond donors (Lipinski definition) is 2. The number of benzene rings is 2. The third kappa shape index (κ3) is 3.72. The first-order valence-corrected chi connectivity index (χ1v) is 9.79. The van der Waals surface area contributed by atoms with Crippen molar-refractivity contribution in [2.45, 2.75) is 20.3 Å². The average Bonchev–Trinajstić information content (AvgIpc) is 2.75. The molecule has 0 saturated carbocycles. The Morgan fingerprint density at radius 2 is 1.83 bits per heavy atom. The lowest BCUT2D eigenvalue weighted by Crippen LogP contribution is -2.10. The maximum atomic E-state index is 13.4. The van der Waals surface area contributed by atoms with E-state index in [0.717, 1.165) is 28.9 Å². The highest BCUT2D eigenvalue weighted by Gasteiger charge is 2.13. The van der Waals surface area contributed by atoms with Crippen LogP contribution in [0.4, 0.5) is 11.5 Å². The van der Waals surface area contributed by atoms with Crippen LogP contribution in [-0.2, 0) is 6.42 Å². The Labute approximate surface area is 169 Å². The number of nitrogens with one attached hydrogen (secondary N) is 2. The summed E-state index contributed by atoms with van der Waals surface area (Å²) in [6.45, 7) is 4.66. The predicted octanol–water partition coefficient (Wildman–Crippen LogP) is 5.29. The van der Waals surface area contributed by atoms with Gasteiger partial charge in [-0.25, -0.2) is 4.98 Å². The van der Waals surface area contributed by atoms with Gasteiger partial charge in [0.25, 0.3) is 0 Å². The molecule has 0 saturated heterocycles. The highest BCUT2D eigenvalue weighted by molar-refractivity contribution is 5.93. The maximum absolute atomic E-state index is 13.4. The van der Waals surface area contributed by atoms with Gasteiger partial charge in [-0.3, -0.25) is 4.79 Å². The third-order valence-corrected chi connectivity index (χ3v) is 4.92. The molecule has 2 aromatic heterocycles. The van der Waals surface area contributed by atoms with Gasteiger partial charge in [-0.05, 0) is 48.7 Å². The minimum atomic E-state index is -0.0625. The minimum absolute atomic E-state index is 0.0625. The van der Waals surface area contributed by atoms with Crippen LogP contribution in [0.5, 0.6) is 5.75 Å². The first kappa shape index (κ1) is 18.7. The van der Waals surface area contributed by atoms with E-state index in [-0.39, 0.29) is 5.43 Å². The third-order valence-electron chi connectivity index (χ3n) is 4.92. The second-order valence-electron chi connectivity index (χ2n) is 6.71. The first-order chi connectivity index (χ1) is 14.2. The van der Waals surface area contributed by atoms with Crippen LogP contribution in [0.1, 0.15) is 19.4 Å². The molecule has 2 N–H and O–H groups in total. The van der Waals surface area contributed by atoms with E-state index < -0.39 is 0 Å². The number of para-hydroxylation sites is 1. The fraction of sp³-hybridized carbons (Fsp3) is 0.167. The van der Waals surface area contributed by atoms with Crippen LogP contribution in [-0.4, -0.2) is 16.6 Å². The molecule has 5 nitrogen and oxygen atoms in total. The zero-order valence-corrected chi connectivity index (χ0v) is 16.5. The molecule has 0 atom stereocenters. The summed E-state index contributed by atoms with van der Waals surface area (Å²) in [5.74, 6) is 1.34. The Kier molecular flexibility index (Phi) is 5.29. The van der Waals surface area contributed by atoms with Crippen LogP contribution in [0.15, 0.2) is 71.8 Å². The van der Waals surface area contributed by atoms with Crippen molar-refractivity contribution < 1.29 is 4.74 Å². The molecule has 4 rings (SSSR count). The lowest BCUT2D eigenvalue weighted by Gasteiger charge is -2.12. The van der Waals surface area contributed by atoms with Crippen molar-refractivity contribution in [1.29, 1.82) is 0 Å². The van der Waals surface area contributed by atoms with Crippen LogP contribution in [0.25, 0.3) is 22.0 Å². The number of aryl methyl sites for hydroxylation is 1. The molecular weight excluding hydrogens is 362 g/mol. The minimum Gasteiger partial charge on any atom is -0.494 e. The first-order valence-electron chi connectivity index (χ1n) is 9.79. The van der Waals surface area contributed by atoms with Crippen molar-refractivity contribution in [3.05, 3.63) is 82.8 Å². The van der Waals surface area contributed by atoms with Gasteiger partial charge in [-0.15, -0.1) is 0 Å². The van der Waals surface area contributed by atoms with Crippen molar-refractivity contribution in [3.8, 4) is 16.9 Å². The lowest BCUT2D eigenvalue weighted by molar-refractivity contribution is 0.340.